The first kappa shape index (κ1) is 39.7. The molecule has 9 aromatic rings. The number of aromatic nitrogens is 4. The highest BCUT2D eigenvalue weighted by Gasteiger charge is 2.24. The predicted octanol–water partition coefficient (Wildman–Crippen LogP) is 3.27. The molecule has 290 valence electrons. The predicted molar refractivity (Wildman–Crippen MR) is 230 cm³/mol. The molecule has 0 spiro atoms. The van der Waals surface area contributed by atoms with Crippen LogP contribution in [-0.2, 0) is 13.1 Å². The Bertz CT molecular complexity index is 2790. The van der Waals surface area contributed by atoms with E-state index >= 15 is 0 Å². The number of nitrogens with two attached hydrogens (primary N) is 2. The van der Waals surface area contributed by atoms with Gasteiger partial charge in [-0.2, -0.15) is 0 Å². The molecule has 0 fully saturated rings. The Hall–Kier alpha value is -6.48. The Morgan fingerprint density at radius 1 is 0.431 bits per heavy atom. The number of benzene rings is 7. The van der Waals surface area contributed by atoms with Gasteiger partial charge in [0, 0.05) is 84.4 Å². The van der Waals surface area contributed by atoms with Crippen molar-refractivity contribution in [1.82, 2.24) is 9.97 Å². The van der Waals surface area contributed by atoms with Crippen molar-refractivity contribution in [1.29, 1.82) is 0 Å². The van der Waals surface area contributed by atoms with E-state index in [0.29, 0.717) is 13.1 Å². The summed E-state index contributed by atoms with van der Waals surface area (Å²) in [4.78, 5) is 10.2. The first-order valence-corrected chi connectivity index (χ1v) is 19.0. The molecular weight excluding hydrogens is 759 g/mol. The van der Waals surface area contributed by atoms with Gasteiger partial charge in [-0.25, -0.2) is 9.97 Å². The summed E-state index contributed by atoms with van der Waals surface area (Å²) >= 11 is 0. The number of anilines is 4. The van der Waals surface area contributed by atoms with E-state index in [-0.39, 0.29) is 24.8 Å². The van der Waals surface area contributed by atoms with Crippen LogP contribution in [0.5, 0.6) is 0 Å². The highest BCUT2D eigenvalue weighted by Crippen LogP contribution is 2.29. The van der Waals surface area contributed by atoms with Crippen LogP contribution in [0, 0.1) is 27.7 Å². The monoisotopic (exact) mass is 802 g/mol. The average molecular weight is 804 g/mol. The summed E-state index contributed by atoms with van der Waals surface area (Å²) in [6, 6.07) is 46.4. The molecule has 9 rings (SSSR count). The van der Waals surface area contributed by atoms with Crippen molar-refractivity contribution in [3.63, 3.8) is 0 Å². The number of fused-ring (bicyclic) bond motifs is 4. The minimum Gasteiger partial charge on any atom is -1.00 e. The van der Waals surface area contributed by atoms with Gasteiger partial charge >= 0.3 is 0 Å². The largest absolute Gasteiger partial charge is 1.00 e. The zero-order valence-electron chi connectivity index (χ0n) is 32.8. The topological polar surface area (TPSA) is 110 Å². The van der Waals surface area contributed by atoms with Crippen LogP contribution in [0.15, 0.2) is 133 Å². The molecule has 7 aromatic carbocycles. The van der Waals surface area contributed by atoms with Gasteiger partial charge in [0.15, 0.2) is 0 Å². The second-order valence-corrected chi connectivity index (χ2v) is 14.7. The molecule has 0 aliphatic carbocycles. The first-order chi connectivity index (χ1) is 27.2. The summed E-state index contributed by atoms with van der Waals surface area (Å²) < 4.78 is 4.52. The van der Waals surface area contributed by atoms with E-state index in [1.54, 1.807) is 0 Å². The Labute approximate surface area is 350 Å². The van der Waals surface area contributed by atoms with Crippen molar-refractivity contribution in [3.8, 4) is 11.4 Å². The van der Waals surface area contributed by atoms with E-state index in [0.717, 1.165) is 101 Å². The van der Waals surface area contributed by atoms with Gasteiger partial charge in [0.2, 0.25) is 33.4 Å². The van der Waals surface area contributed by atoms with Crippen molar-refractivity contribution >= 4 is 66.9 Å². The Balaban J connectivity index is 0.00000256. The molecule has 2 heterocycles. The molecule has 0 saturated heterocycles. The molecule has 8 nitrogen and oxygen atoms in total. The third-order valence-electron chi connectivity index (χ3n) is 10.9. The molecule has 0 atom stereocenters. The number of nitrogens with zero attached hydrogens (tertiary/aromatic N) is 4. The lowest BCUT2D eigenvalue weighted by Crippen LogP contribution is -3.00. The van der Waals surface area contributed by atoms with Crippen molar-refractivity contribution in [2.45, 2.75) is 40.8 Å². The van der Waals surface area contributed by atoms with Gasteiger partial charge in [-0.1, -0.05) is 60.7 Å². The fraction of sp³-hybridized carbons (Fsp3) is 0.125. The maximum Gasteiger partial charge on any atom is 0.239 e. The van der Waals surface area contributed by atoms with Gasteiger partial charge in [0.1, 0.15) is 22.1 Å². The summed E-state index contributed by atoms with van der Waals surface area (Å²) in [5, 5.41) is 7.56. The maximum atomic E-state index is 6.45. The number of nitrogens with one attached hydrogen (secondary N) is 2. The molecule has 0 unspecified atom stereocenters. The standard InChI is InChI=1S/C48H42N8.2ClH/c1-29-19-41-45(23-37(29)49)55(35-15-7-5-8-16-35)47-25-39(31(3)21-43(47)53-41)51-27-33-13-11-12-14-34(33)28-52-40-26-48-44(22-32(40)4)54-42-20-30(2)38(50)24-46(42)56(48)36-17-9-6-10-18-36;;/h5-26H,27-28H2,1-4H3,(H4,49,50,51,52);2*1H. The lowest BCUT2D eigenvalue weighted by Gasteiger charge is -2.16. The minimum atomic E-state index is 0. The third-order valence-corrected chi connectivity index (χ3v) is 10.9. The van der Waals surface area contributed by atoms with Crippen LogP contribution in [0.3, 0.4) is 0 Å². The van der Waals surface area contributed by atoms with Crippen LogP contribution in [0.25, 0.3) is 55.5 Å². The van der Waals surface area contributed by atoms with E-state index in [9.17, 15) is 0 Å². The molecule has 0 saturated carbocycles. The SMILES string of the molecule is Cc1cc2nc3cc(C)c(NCc4ccccc4CNc4cc5c(cc4C)nc4cc(C)c(N)cc4[n+]5-c4ccccc4)cc3[n+](-c3ccccc3)c2cc1N.[Cl-].[Cl-]. The second kappa shape index (κ2) is 16.2. The van der Waals surface area contributed by atoms with E-state index < -0.39 is 0 Å². The molecule has 0 radical (unpaired) electrons. The third kappa shape index (κ3) is 7.28. The lowest BCUT2D eigenvalue weighted by molar-refractivity contribution is -0.538. The average Bonchev–Trinajstić information content (AvgIpc) is 3.20. The number of halogens is 2. The summed E-state index contributed by atoms with van der Waals surface area (Å²) in [5.74, 6) is 0. The highest BCUT2D eigenvalue weighted by atomic mass is 35.5. The normalized spacial score (nSPS) is 11.1. The second-order valence-electron chi connectivity index (χ2n) is 14.7. The molecule has 0 aliphatic heterocycles. The summed E-state index contributed by atoms with van der Waals surface area (Å²) in [5.41, 5.74) is 33.0. The Morgan fingerprint density at radius 3 is 1.14 bits per heavy atom. The van der Waals surface area contributed by atoms with Crippen molar-refractivity contribution in [2.75, 3.05) is 22.1 Å². The number of rotatable bonds is 8. The highest BCUT2D eigenvalue weighted by molar-refractivity contribution is 5.89. The van der Waals surface area contributed by atoms with Gasteiger partial charge in [-0.3, -0.25) is 0 Å². The summed E-state index contributed by atoms with van der Waals surface area (Å²) in [7, 11) is 0. The Kier molecular flexibility index (Phi) is 11.1. The van der Waals surface area contributed by atoms with Crippen LogP contribution in [0.2, 0.25) is 0 Å². The van der Waals surface area contributed by atoms with Crippen molar-refractivity contribution in [2.24, 2.45) is 0 Å². The molecule has 6 N–H and O–H groups in total. The van der Waals surface area contributed by atoms with Crippen molar-refractivity contribution in [3.05, 3.63) is 167 Å². The van der Waals surface area contributed by atoms with Crippen LogP contribution >= 0.6 is 0 Å². The molecule has 0 bridgehead atoms. The zero-order valence-corrected chi connectivity index (χ0v) is 34.3. The van der Waals surface area contributed by atoms with Gasteiger partial charge in [0.25, 0.3) is 0 Å². The lowest BCUT2D eigenvalue weighted by atomic mass is 10.1. The molecule has 0 amide bonds. The van der Waals surface area contributed by atoms with Gasteiger partial charge < -0.3 is 46.9 Å². The van der Waals surface area contributed by atoms with E-state index in [1.165, 1.54) is 11.1 Å². The summed E-state index contributed by atoms with van der Waals surface area (Å²) in [6.45, 7) is 9.65. The number of hydrogen-bond acceptors (Lipinski definition) is 6. The van der Waals surface area contributed by atoms with Crippen LogP contribution in [0.1, 0.15) is 33.4 Å². The number of nitrogen functional groups attached to an aromatic ring is 2. The fourth-order valence-corrected chi connectivity index (χ4v) is 7.73. The molecular formula is C48H44Cl2N8. The molecule has 58 heavy (non-hydrogen) atoms. The molecule has 2 aromatic heterocycles. The van der Waals surface area contributed by atoms with E-state index in [4.69, 9.17) is 21.4 Å². The smallest absolute Gasteiger partial charge is 0.239 e. The van der Waals surface area contributed by atoms with E-state index in [1.807, 2.05) is 38.1 Å². The van der Waals surface area contributed by atoms with Gasteiger partial charge in [-0.05, 0) is 85.3 Å². The maximum absolute atomic E-state index is 6.45. The molecule has 0 aliphatic rings. The summed E-state index contributed by atoms with van der Waals surface area (Å²) in [6.07, 6.45) is 0. The zero-order chi connectivity index (χ0) is 38.5. The van der Waals surface area contributed by atoms with Crippen LogP contribution in [-0.4, -0.2) is 9.97 Å². The number of aryl methyl sites for hydroxylation is 4. The van der Waals surface area contributed by atoms with Gasteiger partial charge in [0.05, 0.1) is 0 Å². The quantitative estimate of drug-likeness (QED) is 0.107. The molecule has 10 heteroatoms. The van der Waals surface area contributed by atoms with Crippen molar-refractivity contribution < 1.29 is 33.9 Å². The number of hydrogen-bond donors (Lipinski definition) is 4. The van der Waals surface area contributed by atoms with E-state index in [2.05, 4.69) is 143 Å². The minimum absolute atomic E-state index is 0. The van der Waals surface area contributed by atoms with Gasteiger partial charge in [-0.15, -0.1) is 9.13 Å². The fourth-order valence-electron chi connectivity index (χ4n) is 7.73. The Morgan fingerprint density at radius 2 is 0.759 bits per heavy atom. The van der Waals surface area contributed by atoms with Crippen LogP contribution in [0.4, 0.5) is 22.7 Å². The van der Waals surface area contributed by atoms with Crippen LogP contribution < -0.4 is 56.0 Å². The first-order valence-electron chi connectivity index (χ1n) is 19.0. The number of para-hydroxylation sites is 2.